The Hall–Kier alpha value is -2.83. The van der Waals surface area contributed by atoms with Crippen LogP contribution in [-0.2, 0) is 14.8 Å². The van der Waals surface area contributed by atoms with E-state index in [1.807, 2.05) is 31.2 Å². The first-order chi connectivity index (χ1) is 15.3. The summed E-state index contributed by atoms with van der Waals surface area (Å²) in [6.07, 6.45) is 0. The maximum Gasteiger partial charge on any atom is 0.243 e. The molecular weight excluding hydrogens is 455 g/mol. The van der Waals surface area contributed by atoms with E-state index < -0.39 is 15.8 Å². The quantitative estimate of drug-likeness (QED) is 0.500. The van der Waals surface area contributed by atoms with E-state index in [0.29, 0.717) is 5.16 Å². The summed E-state index contributed by atoms with van der Waals surface area (Å²) < 4.78 is 41.4. The van der Waals surface area contributed by atoms with Crippen LogP contribution in [-0.4, -0.2) is 75.7 Å². The van der Waals surface area contributed by atoms with Crippen molar-refractivity contribution in [2.45, 2.75) is 17.0 Å². The number of benzene rings is 2. The summed E-state index contributed by atoms with van der Waals surface area (Å²) in [5.41, 5.74) is 1.92. The first-order valence-electron chi connectivity index (χ1n) is 9.86. The molecule has 0 atom stereocenters. The van der Waals surface area contributed by atoms with Gasteiger partial charge in [0.15, 0.2) is 0 Å². The fourth-order valence-corrected chi connectivity index (χ4v) is 5.48. The molecule has 1 aliphatic rings. The second-order valence-electron chi connectivity index (χ2n) is 7.24. The van der Waals surface area contributed by atoms with Crippen LogP contribution in [0.15, 0.2) is 58.6 Å². The predicted octanol–water partition coefficient (Wildman–Crippen LogP) is 1.74. The predicted molar refractivity (Wildman–Crippen MR) is 116 cm³/mol. The van der Waals surface area contributed by atoms with Gasteiger partial charge in [-0.1, -0.05) is 29.5 Å². The molecule has 0 aliphatic carbocycles. The van der Waals surface area contributed by atoms with E-state index in [9.17, 15) is 17.6 Å². The third kappa shape index (κ3) is 4.81. The van der Waals surface area contributed by atoms with E-state index in [1.54, 1.807) is 9.58 Å². The maximum absolute atomic E-state index is 13.1. The number of rotatable bonds is 6. The Morgan fingerprint density at radius 3 is 2.34 bits per heavy atom. The van der Waals surface area contributed by atoms with Crippen LogP contribution in [0.1, 0.15) is 5.56 Å². The zero-order chi connectivity index (χ0) is 22.7. The highest BCUT2D eigenvalue weighted by molar-refractivity contribution is 7.99. The number of aryl methyl sites for hydroxylation is 1. The molecule has 1 fully saturated rings. The van der Waals surface area contributed by atoms with Crippen LogP contribution in [0.5, 0.6) is 0 Å². The normalized spacial score (nSPS) is 15.1. The largest absolute Gasteiger partial charge is 0.339 e. The van der Waals surface area contributed by atoms with Crippen LogP contribution in [0.2, 0.25) is 0 Å². The summed E-state index contributed by atoms with van der Waals surface area (Å²) in [5, 5.41) is 12.2. The van der Waals surface area contributed by atoms with Gasteiger partial charge in [-0.25, -0.2) is 12.8 Å². The molecule has 2 aromatic carbocycles. The van der Waals surface area contributed by atoms with Crippen LogP contribution < -0.4 is 0 Å². The molecule has 9 nitrogen and oxygen atoms in total. The second kappa shape index (κ2) is 9.35. The Labute approximate surface area is 189 Å². The van der Waals surface area contributed by atoms with Crippen LogP contribution in [0.4, 0.5) is 4.39 Å². The number of tetrazole rings is 1. The lowest BCUT2D eigenvalue weighted by atomic mass is 10.2. The highest BCUT2D eigenvalue weighted by Gasteiger charge is 2.30. The van der Waals surface area contributed by atoms with Gasteiger partial charge in [0.1, 0.15) is 5.82 Å². The van der Waals surface area contributed by atoms with Gasteiger partial charge in [0.2, 0.25) is 21.1 Å². The van der Waals surface area contributed by atoms with Gasteiger partial charge >= 0.3 is 0 Å². The Kier molecular flexibility index (Phi) is 6.53. The smallest absolute Gasteiger partial charge is 0.243 e. The fraction of sp³-hybridized carbons (Fsp3) is 0.300. The number of nitrogens with zero attached hydrogens (tertiary/aromatic N) is 6. The van der Waals surface area contributed by atoms with Crippen LogP contribution >= 0.6 is 11.8 Å². The summed E-state index contributed by atoms with van der Waals surface area (Å²) >= 11 is 1.23. The summed E-state index contributed by atoms with van der Waals surface area (Å²) in [5.74, 6) is -0.478. The number of piperazine rings is 1. The van der Waals surface area contributed by atoms with Gasteiger partial charge in [-0.2, -0.15) is 8.99 Å². The van der Waals surface area contributed by atoms with E-state index in [2.05, 4.69) is 15.5 Å². The molecule has 0 saturated carbocycles. The van der Waals surface area contributed by atoms with Gasteiger partial charge in [0.05, 0.1) is 16.3 Å². The van der Waals surface area contributed by atoms with Crippen molar-refractivity contribution in [1.29, 1.82) is 0 Å². The molecule has 2 heterocycles. The first kappa shape index (κ1) is 22.4. The second-order valence-corrected chi connectivity index (χ2v) is 10.1. The van der Waals surface area contributed by atoms with Crippen molar-refractivity contribution < 1.29 is 17.6 Å². The van der Waals surface area contributed by atoms with Crippen molar-refractivity contribution in [3.8, 4) is 5.69 Å². The summed E-state index contributed by atoms with van der Waals surface area (Å²) in [6, 6.07) is 12.4. The molecule has 0 unspecified atom stereocenters. The lowest BCUT2D eigenvalue weighted by Crippen LogP contribution is -2.50. The molecule has 1 amide bonds. The molecule has 4 rings (SSSR count). The SMILES string of the molecule is Cc1ccc(-n2nnnc2SCC(=O)N2CCN(S(=O)(=O)c3ccc(F)cc3)CC2)cc1. The zero-order valence-corrected chi connectivity index (χ0v) is 18.9. The average Bonchev–Trinajstić information content (AvgIpc) is 3.27. The fourth-order valence-electron chi connectivity index (χ4n) is 3.27. The van der Waals surface area contributed by atoms with Crippen molar-refractivity contribution >= 4 is 27.7 Å². The van der Waals surface area contributed by atoms with Crippen molar-refractivity contribution in [2.24, 2.45) is 0 Å². The van der Waals surface area contributed by atoms with Gasteiger partial charge < -0.3 is 4.90 Å². The summed E-state index contributed by atoms with van der Waals surface area (Å²) in [4.78, 5) is 14.3. The molecule has 0 spiro atoms. The molecule has 0 N–H and O–H groups in total. The number of amides is 1. The van der Waals surface area contributed by atoms with Crippen molar-refractivity contribution in [3.05, 3.63) is 59.9 Å². The van der Waals surface area contributed by atoms with Gasteiger partial charge in [-0.3, -0.25) is 4.79 Å². The van der Waals surface area contributed by atoms with Crippen LogP contribution in [0.25, 0.3) is 5.69 Å². The number of aromatic nitrogens is 4. The van der Waals surface area contributed by atoms with Crippen LogP contribution in [0, 0.1) is 12.7 Å². The van der Waals surface area contributed by atoms with E-state index in [1.165, 1.54) is 28.2 Å². The standard InChI is InChI=1S/C20H21FN6O3S2/c1-15-2-6-17(7-3-15)27-20(22-23-24-27)31-14-19(28)25-10-12-26(13-11-25)32(29,30)18-8-4-16(21)5-9-18/h2-9H,10-14H2,1H3. The topological polar surface area (TPSA) is 101 Å². The highest BCUT2D eigenvalue weighted by Crippen LogP contribution is 2.21. The average molecular weight is 477 g/mol. The Morgan fingerprint density at radius 2 is 1.69 bits per heavy atom. The summed E-state index contributed by atoms with van der Waals surface area (Å²) in [6.45, 7) is 2.90. The number of sulfonamides is 1. The zero-order valence-electron chi connectivity index (χ0n) is 17.3. The van der Waals surface area contributed by atoms with Crippen molar-refractivity contribution in [1.82, 2.24) is 29.4 Å². The van der Waals surface area contributed by atoms with E-state index >= 15 is 0 Å². The minimum Gasteiger partial charge on any atom is -0.339 e. The maximum atomic E-state index is 13.1. The number of carbonyl (C=O) groups excluding carboxylic acids is 1. The lowest BCUT2D eigenvalue weighted by Gasteiger charge is -2.34. The highest BCUT2D eigenvalue weighted by atomic mass is 32.2. The van der Waals surface area contributed by atoms with Gasteiger partial charge in [0, 0.05) is 26.2 Å². The lowest BCUT2D eigenvalue weighted by molar-refractivity contribution is -0.129. The molecule has 32 heavy (non-hydrogen) atoms. The van der Waals surface area contributed by atoms with E-state index in [0.717, 1.165) is 23.4 Å². The van der Waals surface area contributed by atoms with Gasteiger partial charge in [0.25, 0.3) is 0 Å². The minimum atomic E-state index is -3.72. The number of thioether (sulfide) groups is 1. The van der Waals surface area contributed by atoms with Gasteiger partial charge in [-0.05, 0) is 53.7 Å². The first-order valence-corrected chi connectivity index (χ1v) is 12.3. The minimum absolute atomic E-state index is 0.0391. The van der Waals surface area contributed by atoms with Crippen molar-refractivity contribution in [2.75, 3.05) is 31.9 Å². The molecule has 0 radical (unpaired) electrons. The number of hydrogen-bond acceptors (Lipinski definition) is 7. The van der Waals surface area contributed by atoms with Gasteiger partial charge in [-0.15, -0.1) is 5.10 Å². The van der Waals surface area contributed by atoms with Crippen LogP contribution in [0.3, 0.4) is 0 Å². The Balaban J connectivity index is 1.33. The number of carbonyl (C=O) groups is 1. The third-order valence-corrected chi connectivity index (χ3v) is 7.90. The molecule has 1 saturated heterocycles. The molecular formula is C20H21FN6O3S2. The monoisotopic (exact) mass is 476 g/mol. The Bertz CT molecular complexity index is 1190. The van der Waals surface area contributed by atoms with E-state index in [4.69, 9.17) is 0 Å². The van der Waals surface area contributed by atoms with Crippen molar-refractivity contribution in [3.63, 3.8) is 0 Å². The number of halogens is 1. The number of hydrogen-bond donors (Lipinski definition) is 0. The molecule has 12 heteroatoms. The molecule has 1 aromatic heterocycles. The molecule has 0 bridgehead atoms. The molecule has 3 aromatic rings. The third-order valence-electron chi connectivity index (χ3n) is 5.09. The van der Waals surface area contributed by atoms with E-state index in [-0.39, 0.29) is 42.7 Å². The Morgan fingerprint density at radius 1 is 1.03 bits per heavy atom. The molecule has 1 aliphatic heterocycles. The molecule has 168 valence electrons. The summed E-state index contributed by atoms with van der Waals surface area (Å²) in [7, 11) is -3.72.